The second kappa shape index (κ2) is 7.03. The predicted molar refractivity (Wildman–Crippen MR) is 78.9 cm³/mol. The van der Waals surface area contributed by atoms with Gasteiger partial charge in [0.2, 0.25) is 5.91 Å². The summed E-state index contributed by atoms with van der Waals surface area (Å²) in [7, 11) is 0. The molecule has 2 rings (SSSR count). The van der Waals surface area contributed by atoms with Crippen LogP contribution in [0.1, 0.15) is 36.6 Å². The van der Waals surface area contributed by atoms with E-state index in [9.17, 15) is 4.79 Å². The Hall–Kier alpha value is -0.910. The Bertz CT molecular complexity index is 413. The van der Waals surface area contributed by atoms with Crippen molar-refractivity contribution < 1.29 is 4.79 Å². The lowest BCUT2D eigenvalue weighted by molar-refractivity contribution is -0.119. The van der Waals surface area contributed by atoms with E-state index in [2.05, 4.69) is 21.7 Å². The van der Waals surface area contributed by atoms with Gasteiger partial charge in [-0.1, -0.05) is 6.42 Å². The maximum atomic E-state index is 10.9. The molecule has 0 radical (unpaired) electrons. The quantitative estimate of drug-likeness (QED) is 0.834. The van der Waals surface area contributed by atoms with Crippen LogP contribution in [0.25, 0.3) is 0 Å². The number of nitrogens with two attached hydrogens (primary N) is 1. The summed E-state index contributed by atoms with van der Waals surface area (Å²) in [6.45, 7) is 6.02. The lowest BCUT2D eigenvalue weighted by Crippen LogP contribution is -2.38. The molecular weight excluding hydrogens is 258 g/mol. The number of rotatable bonds is 6. The zero-order chi connectivity index (χ0) is 13.7. The van der Waals surface area contributed by atoms with Crippen molar-refractivity contribution in [2.75, 3.05) is 13.1 Å². The van der Waals surface area contributed by atoms with Gasteiger partial charge in [-0.2, -0.15) is 0 Å². The molecular formula is C14H23N3OS. The predicted octanol–water partition coefficient (Wildman–Crippen LogP) is 1.70. The maximum Gasteiger partial charge on any atom is 0.234 e. The van der Waals surface area contributed by atoms with Crippen LogP contribution < -0.4 is 11.1 Å². The molecule has 0 aliphatic carbocycles. The van der Waals surface area contributed by atoms with Gasteiger partial charge >= 0.3 is 0 Å². The van der Waals surface area contributed by atoms with Gasteiger partial charge in [-0.25, -0.2) is 0 Å². The zero-order valence-electron chi connectivity index (χ0n) is 11.5. The third-order valence-corrected chi connectivity index (χ3v) is 4.56. The van der Waals surface area contributed by atoms with Gasteiger partial charge < -0.3 is 11.1 Å². The van der Waals surface area contributed by atoms with Crippen molar-refractivity contribution in [3.8, 4) is 0 Å². The van der Waals surface area contributed by atoms with Gasteiger partial charge in [-0.05, 0) is 49.9 Å². The fourth-order valence-electron chi connectivity index (χ4n) is 2.33. The molecule has 5 heteroatoms. The summed E-state index contributed by atoms with van der Waals surface area (Å²) < 4.78 is 0. The number of carbonyl (C=O) groups excluding carboxylic acids is 1. The molecule has 1 atom stereocenters. The van der Waals surface area contributed by atoms with E-state index in [1.165, 1.54) is 42.8 Å². The molecule has 0 bridgehead atoms. The van der Waals surface area contributed by atoms with Crippen molar-refractivity contribution in [3.63, 3.8) is 0 Å². The molecule has 1 aromatic heterocycles. The molecule has 1 aliphatic rings. The smallest absolute Gasteiger partial charge is 0.234 e. The molecule has 2 heterocycles. The molecule has 3 N–H and O–H groups in total. The number of nitrogens with one attached hydrogen (secondary N) is 1. The van der Waals surface area contributed by atoms with Crippen LogP contribution in [0, 0.1) is 0 Å². The summed E-state index contributed by atoms with van der Waals surface area (Å²) in [5, 5.41) is 5.36. The van der Waals surface area contributed by atoms with Crippen molar-refractivity contribution >= 4 is 17.2 Å². The SMILES string of the molecule is C[C@H](NCc1cc(CN2CCCCC2)cs1)C(N)=O. The normalized spacial score (nSPS) is 18.4. The molecule has 1 fully saturated rings. The Morgan fingerprint density at radius 3 is 2.89 bits per heavy atom. The number of primary amides is 1. The highest BCUT2D eigenvalue weighted by Gasteiger charge is 2.12. The number of carbonyl (C=O) groups is 1. The summed E-state index contributed by atoms with van der Waals surface area (Å²) in [6.07, 6.45) is 4.03. The van der Waals surface area contributed by atoms with Crippen LogP contribution in [-0.4, -0.2) is 29.9 Å². The number of piperidine rings is 1. The highest BCUT2D eigenvalue weighted by atomic mass is 32.1. The second-order valence-corrected chi connectivity index (χ2v) is 6.26. The van der Waals surface area contributed by atoms with Gasteiger partial charge in [0.1, 0.15) is 0 Å². The molecule has 0 unspecified atom stereocenters. The van der Waals surface area contributed by atoms with E-state index in [-0.39, 0.29) is 11.9 Å². The first-order valence-corrected chi connectivity index (χ1v) is 7.84. The molecule has 1 amide bonds. The average molecular weight is 281 g/mol. The Morgan fingerprint density at radius 1 is 1.47 bits per heavy atom. The number of hydrogen-bond acceptors (Lipinski definition) is 4. The third-order valence-electron chi connectivity index (χ3n) is 3.57. The van der Waals surface area contributed by atoms with Crippen LogP contribution in [-0.2, 0) is 17.9 Å². The maximum absolute atomic E-state index is 10.9. The summed E-state index contributed by atoms with van der Waals surface area (Å²) in [4.78, 5) is 14.7. The standard InChI is InChI=1S/C14H23N3OS/c1-11(14(15)18)16-8-13-7-12(10-19-13)9-17-5-3-2-4-6-17/h7,10-11,16H,2-6,8-9H2,1H3,(H2,15,18)/t11-/m0/s1. The number of thiophene rings is 1. The summed E-state index contributed by atoms with van der Waals surface area (Å²) in [6, 6.07) is 1.97. The van der Waals surface area contributed by atoms with E-state index >= 15 is 0 Å². The highest BCUT2D eigenvalue weighted by molar-refractivity contribution is 7.10. The van der Waals surface area contributed by atoms with Crippen LogP contribution in [0.5, 0.6) is 0 Å². The highest BCUT2D eigenvalue weighted by Crippen LogP contribution is 2.18. The second-order valence-electron chi connectivity index (χ2n) is 5.26. The van der Waals surface area contributed by atoms with E-state index in [1.54, 1.807) is 18.3 Å². The lowest BCUT2D eigenvalue weighted by atomic mass is 10.1. The van der Waals surface area contributed by atoms with Crippen molar-refractivity contribution in [2.45, 2.75) is 45.3 Å². The number of nitrogens with zero attached hydrogens (tertiary/aromatic N) is 1. The van der Waals surface area contributed by atoms with Crippen LogP contribution in [0.2, 0.25) is 0 Å². The fraction of sp³-hybridized carbons (Fsp3) is 0.643. The average Bonchev–Trinajstić information content (AvgIpc) is 2.84. The third kappa shape index (κ3) is 4.60. The van der Waals surface area contributed by atoms with Crippen molar-refractivity contribution in [3.05, 3.63) is 21.9 Å². The lowest BCUT2D eigenvalue weighted by Gasteiger charge is -2.25. The van der Waals surface area contributed by atoms with Crippen LogP contribution in [0.15, 0.2) is 11.4 Å². The number of likely N-dealkylation sites (tertiary alicyclic amines) is 1. The topological polar surface area (TPSA) is 58.4 Å². The van der Waals surface area contributed by atoms with Gasteiger partial charge in [0.25, 0.3) is 0 Å². The van der Waals surface area contributed by atoms with E-state index in [4.69, 9.17) is 5.73 Å². The van der Waals surface area contributed by atoms with Crippen LogP contribution in [0.3, 0.4) is 0 Å². The molecule has 0 spiro atoms. The Morgan fingerprint density at radius 2 is 2.21 bits per heavy atom. The number of amides is 1. The minimum absolute atomic E-state index is 0.271. The van der Waals surface area contributed by atoms with Gasteiger partial charge in [0, 0.05) is 18.0 Å². The first-order chi connectivity index (χ1) is 9.15. The first-order valence-electron chi connectivity index (χ1n) is 6.96. The minimum atomic E-state index is -0.301. The molecule has 106 valence electrons. The van der Waals surface area contributed by atoms with Gasteiger partial charge in [0.05, 0.1) is 6.04 Å². The van der Waals surface area contributed by atoms with Crippen molar-refractivity contribution in [1.82, 2.24) is 10.2 Å². The van der Waals surface area contributed by atoms with E-state index in [0.29, 0.717) is 0 Å². The number of hydrogen-bond donors (Lipinski definition) is 2. The summed E-state index contributed by atoms with van der Waals surface area (Å²) in [5.74, 6) is -0.301. The monoisotopic (exact) mass is 281 g/mol. The fourth-order valence-corrected chi connectivity index (χ4v) is 3.16. The van der Waals surface area contributed by atoms with Crippen molar-refractivity contribution in [2.24, 2.45) is 5.73 Å². The first kappa shape index (κ1) is 14.5. The largest absolute Gasteiger partial charge is 0.368 e. The van der Waals surface area contributed by atoms with Crippen LogP contribution in [0.4, 0.5) is 0 Å². The van der Waals surface area contributed by atoms with Gasteiger partial charge in [-0.3, -0.25) is 9.69 Å². The molecule has 0 aromatic carbocycles. The van der Waals surface area contributed by atoms with Crippen LogP contribution >= 0.6 is 11.3 Å². The van der Waals surface area contributed by atoms with E-state index in [0.717, 1.165) is 13.1 Å². The Labute approximate surface area is 119 Å². The summed E-state index contributed by atoms with van der Waals surface area (Å²) >= 11 is 1.75. The molecule has 1 saturated heterocycles. The molecule has 1 aliphatic heterocycles. The van der Waals surface area contributed by atoms with Gasteiger partial charge in [-0.15, -0.1) is 11.3 Å². The van der Waals surface area contributed by atoms with E-state index in [1.807, 2.05) is 0 Å². The summed E-state index contributed by atoms with van der Waals surface area (Å²) in [5.41, 5.74) is 6.61. The Balaban J connectivity index is 1.79. The molecule has 4 nitrogen and oxygen atoms in total. The van der Waals surface area contributed by atoms with Crippen molar-refractivity contribution in [1.29, 1.82) is 0 Å². The zero-order valence-corrected chi connectivity index (χ0v) is 12.3. The van der Waals surface area contributed by atoms with Gasteiger partial charge in [0.15, 0.2) is 0 Å². The van der Waals surface area contributed by atoms with E-state index < -0.39 is 0 Å². The minimum Gasteiger partial charge on any atom is -0.368 e. The Kier molecular flexibility index (Phi) is 5.36. The molecule has 1 aromatic rings. The molecule has 19 heavy (non-hydrogen) atoms. The molecule has 0 saturated carbocycles.